The van der Waals surface area contributed by atoms with Crippen molar-refractivity contribution in [3.05, 3.63) is 29.8 Å². The van der Waals surface area contributed by atoms with Crippen LogP contribution in [0.5, 0.6) is 5.75 Å². The number of sulfonamides is 1. The lowest BCUT2D eigenvalue weighted by Crippen LogP contribution is -2.49. The molecule has 0 unspecified atom stereocenters. The first-order valence-electron chi connectivity index (χ1n) is 7.78. The Balaban J connectivity index is 2.01. The Bertz CT molecular complexity index is 641. The zero-order valence-electron chi connectivity index (χ0n) is 13.8. The van der Waals surface area contributed by atoms with Gasteiger partial charge in [-0.15, -0.1) is 0 Å². The molecular weight excluding hydrogens is 316 g/mol. The predicted molar refractivity (Wildman–Crippen MR) is 89.1 cm³/mol. The van der Waals surface area contributed by atoms with Crippen LogP contribution in [0.15, 0.2) is 24.3 Å². The third-order valence-corrected chi connectivity index (χ3v) is 4.32. The van der Waals surface area contributed by atoms with Crippen LogP contribution in [0.1, 0.15) is 37.0 Å². The van der Waals surface area contributed by atoms with Crippen molar-refractivity contribution in [1.82, 2.24) is 9.62 Å². The first-order valence-corrected chi connectivity index (χ1v) is 9.67. The van der Waals surface area contributed by atoms with Gasteiger partial charge in [-0.25, -0.2) is 13.1 Å². The molecule has 1 N–H and O–H groups in total. The summed E-state index contributed by atoms with van der Waals surface area (Å²) in [6.45, 7) is 4.94. The van der Waals surface area contributed by atoms with Crippen LogP contribution in [0.4, 0.5) is 0 Å². The molecule has 1 heterocycles. The highest BCUT2D eigenvalue weighted by atomic mass is 32.2. The molecule has 0 spiro atoms. The molecule has 0 aliphatic carbocycles. The molecule has 0 aromatic heterocycles. The monoisotopic (exact) mass is 340 g/mol. The number of amides is 1. The van der Waals surface area contributed by atoms with Gasteiger partial charge in [0.15, 0.2) is 0 Å². The van der Waals surface area contributed by atoms with Crippen LogP contribution in [-0.2, 0) is 10.0 Å². The van der Waals surface area contributed by atoms with Crippen molar-refractivity contribution < 1.29 is 17.9 Å². The van der Waals surface area contributed by atoms with Gasteiger partial charge in [-0.3, -0.25) is 4.79 Å². The number of benzene rings is 1. The second-order valence-corrected chi connectivity index (χ2v) is 7.95. The van der Waals surface area contributed by atoms with Crippen LogP contribution in [0.25, 0.3) is 0 Å². The smallest absolute Gasteiger partial charge is 0.253 e. The molecule has 1 atom stereocenters. The van der Waals surface area contributed by atoms with E-state index in [1.807, 2.05) is 13.8 Å². The Morgan fingerprint density at radius 1 is 1.30 bits per heavy atom. The number of nitrogens with zero attached hydrogens (tertiary/aromatic N) is 1. The lowest BCUT2D eigenvalue weighted by molar-refractivity contribution is 0.0703. The van der Waals surface area contributed by atoms with E-state index in [2.05, 4.69) is 4.72 Å². The van der Waals surface area contributed by atoms with Gasteiger partial charge < -0.3 is 9.64 Å². The fourth-order valence-corrected chi connectivity index (χ4v) is 3.49. The predicted octanol–water partition coefficient (Wildman–Crippen LogP) is 1.63. The first kappa shape index (κ1) is 17.7. The average Bonchev–Trinajstić information content (AvgIpc) is 2.45. The molecule has 0 radical (unpaired) electrons. The average molecular weight is 340 g/mol. The Labute approximate surface area is 137 Å². The van der Waals surface area contributed by atoms with E-state index in [0.29, 0.717) is 18.7 Å². The molecule has 1 aliphatic rings. The number of rotatable bonds is 5. The second kappa shape index (κ2) is 7.31. The van der Waals surface area contributed by atoms with Gasteiger partial charge in [-0.2, -0.15) is 0 Å². The Hall–Kier alpha value is -1.60. The minimum atomic E-state index is -3.26. The van der Waals surface area contributed by atoms with Crippen LogP contribution in [0.2, 0.25) is 0 Å². The van der Waals surface area contributed by atoms with Crippen molar-refractivity contribution >= 4 is 15.9 Å². The van der Waals surface area contributed by atoms with E-state index in [0.717, 1.165) is 24.8 Å². The fraction of sp³-hybridized carbons (Fsp3) is 0.562. The summed E-state index contributed by atoms with van der Waals surface area (Å²) < 4.78 is 30.8. The molecule has 7 heteroatoms. The minimum Gasteiger partial charge on any atom is -0.491 e. The molecule has 2 rings (SSSR count). The van der Waals surface area contributed by atoms with Gasteiger partial charge >= 0.3 is 0 Å². The van der Waals surface area contributed by atoms with Crippen molar-refractivity contribution in [1.29, 1.82) is 0 Å². The van der Waals surface area contributed by atoms with Gasteiger partial charge in [0.25, 0.3) is 5.91 Å². The van der Waals surface area contributed by atoms with Gasteiger partial charge in [0.05, 0.1) is 12.4 Å². The summed E-state index contributed by atoms with van der Waals surface area (Å²) in [5.41, 5.74) is 0.584. The van der Waals surface area contributed by atoms with E-state index in [1.165, 1.54) is 0 Å². The first-order chi connectivity index (χ1) is 10.7. The summed E-state index contributed by atoms with van der Waals surface area (Å²) in [5, 5.41) is 0. The number of hydrogen-bond acceptors (Lipinski definition) is 4. The molecule has 0 saturated carbocycles. The van der Waals surface area contributed by atoms with Crippen LogP contribution in [0, 0.1) is 0 Å². The van der Waals surface area contributed by atoms with Crippen LogP contribution >= 0.6 is 0 Å². The quantitative estimate of drug-likeness (QED) is 0.884. The molecule has 1 aromatic rings. The molecule has 23 heavy (non-hydrogen) atoms. The highest BCUT2D eigenvalue weighted by Crippen LogP contribution is 2.18. The zero-order valence-corrected chi connectivity index (χ0v) is 14.6. The van der Waals surface area contributed by atoms with Crippen LogP contribution in [0.3, 0.4) is 0 Å². The molecule has 0 bridgehead atoms. The lowest BCUT2D eigenvalue weighted by Gasteiger charge is -2.32. The normalized spacial score (nSPS) is 19.0. The van der Waals surface area contributed by atoms with E-state index in [9.17, 15) is 13.2 Å². The number of likely N-dealkylation sites (tertiary alicyclic amines) is 1. The van der Waals surface area contributed by atoms with Crippen molar-refractivity contribution in [3.8, 4) is 5.75 Å². The fourth-order valence-electron chi connectivity index (χ4n) is 2.69. The highest BCUT2D eigenvalue weighted by Gasteiger charge is 2.26. The maximum atomic E-state index is 12.6. The van der Waals surface area contributed by atoms with Crippen molar-refractivity contribution in [3.63, 3.8) is 0 Å². The lowest BCUT2D eigenvalue weighted by atomic mass is 10.1. The molecule has 6 nitrogen and oxygen atoms in total. The summed E-state index contributed by atoms with van der Waals surface area (Å²) in [7, 11) is -3.26. The molecule has 1 aliphatic heterocycles. The Morgan fingerprint density at radius 3 is 2.52 bits per heavy atom. The Morgan fingerprint density at radius 2 is 1.96 bits per heavy atom. The highest BCUT2D eigenvalue weighted by molar-refractivity contribution is 7.88. The number of ether oxygens (including phenoxy) is 1. The number of carbonyl (C=O) groups excluding carboxylic acids is 1. The molecule has 128 valence electrons. The van der Waals surface area contributed by atoms with Gasteiger partial charge in [0.2, 0.25) is 10.0 Å². The summed E-state index contributed by atoms with van der Waals surface area (Å²) in [4.78, 5) is 14.3. The van der Waals surface area contributed by atoms with Gasteiger partial charge in [-0.1, -0.05) is 0 Å². The summed E-state index contributed by atoms with van der Waals surface area (Å²) in [6, 6.07) is 6.83. The molecular formula is C16H24N2O4S. The van der Waals surface area contributed by atoms with E-state index in [1.54, 1.807) is 29.2 Å². The van der Waals surface area contributed by atoms with Gasteiger partial charge in [0, 0.05) is 24.7 Å². The summed E-state index contributed by atoms with van der Waals surface area (Å²) in [6.07, 6.45) is 2.76. The third kappa shape index (κ3) is 5.51. The minimum absolute atomic E-state index is 0.0823. The van der Waals surface area contributed by atoms with Crippen LogP contribution < -0.4 is 9.46 Å². The standard InChI is InChI=1S/C16H24N2O4S/c1-12(2)22-15-8-6-13(7-9-15)16(19)18-10-4-5-14(11-18)17-23(3,20)21/h6-9,12,14,17H,4-5,10-11H2,1-3H3/t14-/m1/s1. The third-order valence-electron chi connectivity index (χ3n) is 3.56. The topological polar surface area (TPSA) is 75.7 Å². The number of hydrogen-bond donors (Lipinski definition) is 1. The maximum Gasteiger partial charge on any atom is 0.253 e. The molecule has 1 fully saturated rings. The molecule has 1 amide bonds. The largest absolute Gasteiger partial charge is 0.491 e. The van der Waals surface area contributed by atoms with Gasteiger partial charge in [-0.05, 0) is 51.0 Å². The number of piperidine rings is 1. The van der Waals surface area contributed by atoms with Crippen molar-refractivity contribution in [2.75, 3.05) is 19.3 Å². The number of carbonyl (C=O) groups is 1. The molecule has 1 saturated heterocycles. The van der Waals surface area contributed by atoms with Crippen molar-refractivity contribution in [2.45, 2.75) is 38.8 Å². The van der Waals surface area contributed by atoms with Crippen LogP contribution in [-0.4, -0.2) is 50.7 Å². The van der Waals surface area contributed by atoms with Gasteiger partial charge in [0.1, 0.15) is 5.75 Å². The van der Waals surface area contributed by atoms with E-state index >= 15 is 0 Å². The second-order valence-electron chi connectivity index (χ2n) is 6.17. The van der Waals surface area contributed by atoms with Crippen molar-refractivity contribution in [2.24, 2.45) is 0 Å². The maximum absolute atomic E-state index is 12.6. The van der Waals surface area contributed by atoms with E-state index in [4.69, 9.17) is 4.74 Å². The molecule has 1 aromatic carbocycles. The van der Waals surface area contributed by atoms with E-state index in [-0.39, 0.29) is 18.1 Å². The van der Waals surface area contributed by atoms with E-state index < -0.39 is 10.0 Å². The Kier molecular flexibility index (Phi) is 5.64. The summed E-state index contributed by atoms with van der Waals surface area (Å²) in [5.74, 6) is 0.646. The number of nitrogens with one attached hydrogen (secondary N) is 1. The SMILES string of the molecule is CC(C)Oc1ccc(C(=O)N2CCC[C@@H](NS(C)(=O)=O)C2)cc1. The zero-order chi connectivity index (χ0) is 17.0. The summed E-state index contributed by atoms with van der Waals surface area (Å²) >= 11 is 0.